The summed E-state index contributed by atoms with van der Waals surface area (Å²) >= 11 is 0. The van der Waals surface area contributed by atoms with Crippen LogP contribution in [0.1, 0.15) is 28.4 Å². The van der Waals surface area contributed by atoms with E-state index in [0.717, 1.165) is 5.32 Å². The minimum Gasteiger partial charge on any atom is -0.445 e. The summed E-state index contributed by atoms with van der Waals surface area (Å²) in [6.07, 6.45) is -8.11. The molecule has 0 saturated carbocycles. The van der Waals surface area contributed by atoms with Crippen LogP contribution in [0.4, 0.5) is 200 Å². The predicted octanol–water partition coefficient (Wildman–Crippen LogP) is 14.9. The number of aliphatic imine (C=N–C) groups is 2. The number of nitrogens with one attached hydrogen (secondary N) is 1. The fraction of sp³-hybridized carbons (Fsp3) is 0.706. The highest BCUT2D eigenvalue weighted by molar-refractivity contribution is 6.03. The Morgan fingerprint density at radius 2 is 0.612 bits per heavy atom. The molecule has 85 heavy (non-hydrogen) atoms. The average Bonchev–Trinajstić information content (AvgIpc) is 3.30. The van der Waals surface area contributed by atoms with Gasteiger partial charge in [-0.2, -0.15) is 199 Å². The SMILES string of the molecule is CC(=O)OCNC(=O)c1c(C(F)(F)C(F)(F)C(F)(F)C(F)(F)C(F)(F)C(F)(F)C(F)(F)C(F)(F)C(F)(F)C(F)(F)C(F)(F)C(F)(F)C(F)(F)C(F)(F)C(F)(F)C(F)(F)C(F)(F)C(F)(F)C(F)(F)C(F)(F)C(F)(F)F)cc(N=C=O)c(C)c1N=C=O. The molecule has 0 fully saturated rings. The lowest BCUT2D eigenvalue weighted by Gasteiger charge is -2.47. The second kappa shape index (κ2) is 20.8. The van der Waals surface area contributed by atoms with Gasteiger partial charge in [-0.15, -0.1) is 0 Å². The number of hydrogen-bond acceptors (Lipinski definition) is 7. The van der Waals surface area contributed by atoms with Crippen molar-refractivity contribution in [3.8, 4) is 0 Å². The van der Waals surface area contributed by atoms with Gasteiger partial charge in [-0.3, -0.25) is 9.59 Å². The number of carbonyl (C=O) groups is 2. The number of hydrogen-bond donors (Lipinski definition) is 1. The van der Waals surface area contributed by atoms with Crippen LogP contribution in [0.5, 0.6) is 0 Å². The van der Waals surface area contributed by atoms with Crippen LogP contribution in [0, 0.1) is 6.92 Å². The van der Waals surface area contributed by atoms with Crippen LogP contribution in [0.2, 0.25) is 0 Å². The number of isocyanates is 2. The Labute approximate surface area is 432 Å². The van der Waals surface area contributed by atoms with Gasteiger partial charge in [0.15, 0.2) is 6.73 Å². The van der Waals surface area contributed by atoms with E-state index >= 15 is 17.6 Å². The highest BCUT2D eigenvalue weighted by Crippen LogP contribution is 2.72. The van der Waals surface area contributed by atoms with E-state index in [4.69, 9.17) is 0 Å². The first-order valence-corrected chi connectivity index (χ1v) is 19.0. The van der Waals surface area contributed by atoms with Crippen molar-refractivity contribution in [1.82, 2.24) is 5.32 Å². The van der Waals surface area contributed by atoms with Crippen molar-refractivity contribution in [3.05, 3.63) is 22.8 Å². The van der Waals surface area contributed by atoms with Gasteiger partial charge >= 0.3 is 131 Å². The highest BCUT2D eigenvalue weighted by Gasteiger charge is 3.04. The third-order valence-corrected chi connectivity index (χ3v) is 10.8. The molecule has 0 saturated heterocycles. The lowest BCUT2D eigenvalue weighted by molar-refractivity contribution is -0.496. The Kier molecular flexibility index (Phi) is 18.8. The van der Waals surface area contributed by atoms with E-state index in [0.29, 0.717) is 6.92 Å². The van der Waals surface area contributed by atoms with E-state index in [1.165, 1.54) is 0 Å². The molecule has 0 radical (unpaired) electrons. The zero-order valence-electron chi connectivity index (χ0n) is 38.0. The van der Waals surface area contributed by atoms with Crippen LogP contribution < -0.4 is 5.32 Å². The maximum atomic E-state index is 15.7. The maximum Gasteiger partial charge on any atom is 0.460 e. The van der Waals surface area contributed by atoms with E-state index in [1.54, 1.807) is 0 Å². The molecule has 1 amide bonds. The van der Waals surface area contributed by atoms with Crippen LogP contribution >= 0.6 is 0 Å². The van der Waals surface area contributed by atoms with Crippen LogP contribution in [-0.2, 0) is 25.0 Å². The Bertz CT molecular complexity index is 2820. The molecule has 0 unspecified atom stereocenters. The topological polar surface area (TPSA) is 114 Å². The zero-order chi connectivity index (χ0) is 69.2. The van der Waals surface area contributed by atoms with E-state index in [-0.39, 0.29) is 19.1 Å². The summed E-state index contributed by atoms with van der Waals surface area (Å²) in [5.74, 6) is -209. The molecule has 0 aliphatic heterocycles. The Hall–Kier alpha value is -6.09. The number of amides is 1. The monoisotopic (exact) mass is 1360 g/mol. The molecular formula is C34H10F43N3O5. The standard InChI is InChI=1S/C34H10F43N3O5/c1-7-10(78-4-81)3-9(11(12(7)79-5-82)13(84)80-6-85-8(2)83)14(35,36)15(37,38)16(39,40)17(41,42)18(43,44)19(45,46)20(47,48)21(49,50)22(51,52)23(53,54)24(55,56)25(57,58)26(59,60)27(61,62)28(63,64)29(65,66)30(67,68)31(69,70)32(71,72)33(73,74)34(75,76)77/h3H,6H2,1-2H3,(H,80,84). The van der Waals surface area contributed by atoms with E-state index in [9.17, 15) is 190 Å². The summed E-state index contributed by atoms with van der Waals surface area (Å²) in [5, 5.41) is 0.989. The number of benzene rings is 1. The van der Waals surface area contributed by atoms with Crippen LogP contribution in [0.25, 0.3) is 0 Å². The summed E-state index contributed by atoms with van der Waals surface area (Å²) in [7, 11) is 0. The molecule has 492 valence electrons. The highest BCUT2D eigenvalue weighted by atomic mass is 19.4. The van der Waals surface area contributed by atoms with Gasteiger partial charge in [-0.05, 0) is 13.0 Å². The van der Waals surface area contributed by atoms with E-state index < -0.39 is 177 Å². The molecule has 1 N–H and O–H groups in total. The fourth-order valence-electron chi connectivity index (χ4n) is 5.77. The first-order chi connectivity index (χ1) is 36.6. The number of halogens is 43. The van der Waals surface area contributed by atoms with E-state index in [1.807, 2.05) is 0 Å². The first-order valence-electron chi connectivity index (χ1n) is 19.0. The van der Waals surface area contributed by atoms with Crippen molar-refractivity contribution in [3.63, 3.8) is 0 Å². The van der Waals surface area contributed by atoms with Crippen molar-refractivity contribution < 1.29 is 213 Å². The van der Waals surface area contributed by atoms with Crippen LogP contribution in [0.15, 0.2) is 16.1 Å². The smallest absolute Gasteiger partial charge is 0.445 e. The largest absolute Gasteiger partial charge is 0.460 e. The van der Waals surface area contributed by atoms with Crippen LogP contribution in [0.3, 0.4) is 0 Å². The molecule has 0 aromatic heterocycles. The minimum atomic E-state index is -10.8. The summed E-state index contributed by atoms with van der Waals surface area (Å²) in [6, 6.07) is -1.17. The van der Waals surface area contributed by atoms with Gasteiger partial charge in [0.05, 0.1) is 16.9 Å². The summed E-state index contributed by atoms with van der Waals surface area (Å²) in [5.41, 5.74) is -12.0. The molecule has 0 bridgehead atoms. The molecule has 0 aliphatic rings. The second-order valence-corrected chi connectivity index (χ2v) is 16.0. The first kappa shape index (κ1) is 76.9. The molecule has 0 atom stereocenters. The third kappa shape index (κ3) is 9.63. The quantitative estimate of drug-likeness (QED) is 0.0344. The zero-order valence-corrected chi connectivity index (χ0v) is 38.0. The number of nitrogens with zero attached hydrogens (tertiary/aromatic N) is 2. The Morgan fingerprint density at radius 1 is 0.388 bits per heavy atom. The summed E-state index contributed by atoms with van der Waals surface area (Å²) < 4.78 is 614. The van der Waals surface area contributed by atoms with Crippen molar-refractivity contribution in [1.29, 1.82) is 0 Å². The average molecular weight is 1360 g/mol. The summed E-state index contributed by atoms with van der Waals surface area (Å²) in [6.45, 7) is -1.16. The lowest BCUT2D eigenvalue weighted by Crippen LogP contribution is -2.80. The number of alkyl halides is 43. The third-order valence-electron chi connectivity index (χ3n) is 10.8. The minimum absolute atomic E-state index is 0.229. The molecule has 0 aliphatic carbocycles. The molecule has 1 aromatic rings. The number of carbonyl (C=O) groups excluding carboxylic acids is 4. The molecule has 1 rings (SSSR count). The molecular weight excluding hydrogens is 1350 g/mol. The molecule has 0 spiro atoms. The van der Waals surface area contributed by atoms with Gasteiger partial charge in [-0.1, -0.05) is 0 Å². The van der Waals surface area contributed by atoms with Gasteiger partial charge < -0.3 is 10.1 Å². The van der Waals surface area contributed by atoms with Crippen LogP contribution in [-0.4, -0.2) is 149 Å². The predicted molar refractivity (Wildman–Crippen MR) is 175 cm³/mol. The lowest BCUT2D eigenvalue weighted by atomic mass is 9.81. The van der Waals surface area contributed by atoms with Crippen molar-refractivity contribution in [2.45, 2.75) is 138 Å². The van der Waals surface area contributed by atoms with Crippen molar-refractivity contribution in [2.24, 2.45) is 9.98 Å². The second-order valence-electron chi connectivity index (χ2n) is 16.0. The van der Waals surface area contributed by atoms with Crippen molar-refractivity contribution >= 4 is 35.4 Å². The molecule has 51 heteroatoms. The van der Waals surface area contributed by atoms with E-state index in [2.05, 4.69) is 14.7 Å². The molecule has 1 aromatic carbocycles. The van der Waals surface area contributed by atoms with Gasteiger partial charge in [0, 0.05) is 18.1 Å². The molecule has 8 nitrogen and oxygen atoms in total. The van der Waals surface area contributed by atoms with Gasteiger partial charge in [0.25, 0.3) is 5.91 Å². The Morgan fingerprint density at radius 3 is 0.824 bits per heavy atom. The number of ether oxygens (including phenoxy) is 1. The Balaban J connectivity index is 4.37. The van der Waals surface area contributed by atoms with Crippen molar-refractivity contribution in [2.75, 3.05) is 6.73 Å². The maximum absolute atomic E-state index is 15.7. The number of esters is 1. The van der Waals surface area contributed by atoms with Gasteiger partial charge in [-0.25, -0.2) is 9.59 Å². The normalized spacial score (nSPS) is 15.7. The summed E-state index contributed by atoms with van der Waals surface area (Å²) in [4.78, 5) is 50.1. The number of rotatable bonds is 25. The van der Waals surface area contributed by atoms with Gasteiger partial charge in [0.2, 0.25) is 12.2 Å². The van der Waals surface area contributed by atoms with Gasteiger partial charge in [0.1, 0.15) is 0 Å². The molecule has 0 heterocycles. The fourth-order valence-corrected chi connectivity index (χ4v) is 5.77.